The summed E-state index contributed by atoms with van der Waals surface area (Å²) in [6.45, 7) is 6.01. The molecule has 4 N–H and O–H groups in total. The maximum absolute atomic E-state index is 13.6. The molecular weight excluding hydrogens is 479 g/mol. The molecule has 0 unspecified atom stereocenters. The van der Waals surface area contributed by atoms with Gasteiger partial charge in [-0.3, -0.25) is 14.6 Å². The van der Waals surface area contributed by atoms with Crippen LogP contribution < -0.4 is 5.32 Å². The smallest absolute Gasteiger partial charge is 0.305 e. The third kappa shape index (κ3) is 7.68. The van der Waals surface area contributed by atoms with E-state index in [0.717, 1.165) is 11.3 Å². The van der Waals surface area contributed by atoms with Crippen molar-refractivity contribution in [3.8, 4) is 5.69 Å². The summed E-state index contributed by atoms with van der Waals surface area (Å²) in [5, 5.41) is 36.7. The van der Waals surface area contributed by atoms with Gasteiger partial charge in [-0.1, -0.05) is 19.9 Å². The van der Waals surface area contributed by atoms with Crippen molar-refractivity contribution in [1.29, 1.82) is 0 Å². The summed E-state index contributed by atoms with van der Waals surface area (Å²) >= 11 is 0. The van der Waals surface area contributed by atoms with Gasteiger partial charge in [-0.25, -0.2) is 9.07 Å². The Labute approximate surface area is 215 Å². The van der Waals surface area contributed by atoms with Crippen LogP contribution in [0.3, 0.4) is 0 Å². The van der Waals surface area contributed by atoms with E-state index in [-0.39, 0.29) is 36.9 Å². The Morgan fingerprint density at radius 2 is 1.78 bits per heavy atom. The highest BCUT2D eigenvalue weighted by Gasteiger charge is 2.26. The molecular formula is C27H33FN4O5. The Bertz CT molecular complexity index is 1210. The lowest BCUT2D eigenvalue weighted by atomic mass is 9.95. The number of nitrogens with one attached hydrogen (secondary N) is 1. The molecule has 1 amide bonds. The number of hydrogen-bond acceptors (Lipinski definition) is 6. The van der Waals surface area contributed by atoms with Gasteiger partial charge in [0, 0.05) is 29.7 Å². The molecule has 198 valence electrons. The lowest BCUT2D eigenvalue weighted by molar-refractivity contribution is -0.139. The molecule has 1 aromatic carbocycles. The number of benzene rings is 1. The maximum Gasteiger partial charge on any atom is 0.305 e. The molecule has 0 saturated heterocycles. The predicted molar refractivity (Wildman–Crippen MR) is 135 cm³/mol. The van der Waals surface area contributed by atoms with E-state index in [9.17, 15) is 24.2 Å². The third-order valence-corrected chi connectivity index (χ3v) is 5.98. The molecule has 3 aromatic rings. The van der Waals surface area contributed by atoms with Gasteiger partial charge in [0.25, 0.3) is 5.91 Å². The van der Waals surface area contributed by atoms with Crippen molar-refractivity contribution in [2.24, 2.45) is 0 Å². The van der Waals surface area contributed by atoms with E-state index in [2.05, 4.69) is 15.4 Å². The average molecular weight is 513 g/mol. The number of pyridine rings is 1. The van der Waals surface area contributed by atoms with E-state index < -0.39 is 30.4 Å². The van der Waals surface area contributed by atoms with Crippen molar-refractivity contribution in [2.75, 3.05) is 0 Å². The standard InChI is InChI=1S/C27H33FN4O5/c1-16(2)25-23(11-10-21(33)12-22(34)13-24(35)36)32(20-8-6-19(28)7-9-20)31-26(25)27(37)30-15-18-5-4-17(3)29-14-18/h4-9,14,16,21-22,33-34H,10-13,15H2,1-3H3,(H,30,37)(H,35,36)/t21-,22-/m1/s1. The van der Waals surface area contributed by atoms with Crippen LogP contribution in [-0.4, -0.2) is 54.2 Å². The Morgan fingerprint density at radius 3 is 2.38 bits per heavy atom. The number of aliphatic hydroxyl groups is 2. The van der Waals surface area contributed by atoms with E-state index in [1.54, 1.807) is 23.0 Å². The highest BCUT2D eigenvalue weighted by Crippen LogP contribution is 2.28. The van der Waals surface area contributed by atoms with Gasteiger partial charge in [0.1, 0.15) is 5.82 Å². The van der Waals surface area contributed by atoms with Crippen LogP contribution >= 0.6 is 0 Å². The van der Waals surface area contributed by atoms with Crippen molar-refractivity contribution < 1.29 is 29.3 Å². The molecule has 10 heteroatoms. The summed E-state index contributed by atoms with van der Waals surface area (Å²) in [6, 6.07) is 9.47. The van der Waals surface area contributed by atoms with Gasteiger partial charge in [-0.05, 0) is 68.0 Å². The van der Waals surface area contributed by atoms with Gasteiger partial charge >= 0.3 is 5.97 Å². The van der Waals surface area contributed by atoms with Gasteiger partial charge in [0.2, 0.25) is 0 Å². The van der Waals surface area contributed by atoms with E-state index in [1.165, 1.54) is 12.1 Å². The van der Waals surface area contributed by atoms with Crippen molar-refractivity contribution >= 4 is 11.9 Å². The van der Waals surface area contributed by atoms with Crippen molar-refractivity contribution in [3.05, 3.63) is 76.6 Å². The molecule has 0 fully saturated rings. The second-order valence-electron chi connectivity index (χ2n) is 9.42. The number of carboxylic acid groups (broad SMARTS) is 1. The van der Waals surface area contributed by atoms with E-state index >= 15 is 0 Å². The third-order valence-electron chi connectivity index (χ3n) is 5.98. The van der Waals surface area contributed by atoms with Crippen molar-refractivity contribution in [3.63, 3.8) is 0 Å². The van der Waals surface area contributed by atoms with Gasteiger partial charge in [-0.15, -0.1) is 0 Å². The molecule has 0 saturated carbocycles. The normalized spacial score (nSPS) is 12.9. The molecule has 0 aliphatic rings. The summed E-state index contributed by atoms with van der Waals surface area (Å²) in [4.78, 5) is 28.3. The minimum absolute atomic E-state index is 0.0913. The molecule has 0 aliphatic heterocycles. The molecule has 0 spiro atoms. The van der Waals surface area contributed by atoms with Gasteiger partial charge in [0.15, 0.2) is 5.69 Å². The zero-order chi connectivity index (χ0) is 27.1. The van der Waals surface area contributed by atoms with Crippen LogP contribution in [0.2, 0.25) is 0 Å². The van der Waals surface area contributed by atoms with Crippen LogP contribution in [0.1, 0.15) is 72.0 Å². The number of nitrogens with zero attached hydrogens (tertiary/aromatic N) is 3. The second-order valence-corrected chi connectivity index (χ2v) is 9.42. The first-order valence-electron chi connectivity index (χ1n) is 12.2. The highest BCUT2D eigenvalue weighted by molar-refractivity contribution is 5.94. The molecule has 2 heterocycles. The fraction of sp³-hybridized carbons (Fsp3) is 0.407. The van der Waals surface area contributed by atoms with Crippen LogP contribution in [0.4, 0.5) is 4.39 Å². The molecule has 2 aromatic heterocycles. The Morgan fingerprint density at radius 1 is 1.08 bits per heavy atom. The number of aromatic nitrogens is 3. The number of halogens is 1. The molecule has 2 atom stereocenters. The number of carbonyl (C=O) groups excluding carboxylic acids is 1. The van der Waals surface area contributed by atoms with Crippen LogP contribution in [0.25, 0.3) is 5.69 Å². The van der Waals surface area contributed by atoms with Crippen molar-refractivity contribution in [2.45, 2.75) is 71.1 Å². The zero-order valence-electron chi connectivity index (χ0n) is 21.2. The van der Waals surface area contributed by atoms with Gasteiger partial charge < -0.3 is 20.6 Å². The van der Waals surface area contributed by atoms with Crippen LogP contribution in [0.5, 0.6) is 0 Å². The number of amides is 1. The number of carboxylic acids is 1. The van der Waals surface area contributed by atoms with E-state index in [4.69, 9.17) is 5.11 Å². The molecule has 37 heavy (non-hydrogen) atoms. The average Bonchev–Trinajstić information content (AvgIpc) is 3.22. The van der Waals surface area contributed by atoms with E-state index in [0.29, 0.717) is 23.4 Å². The fourth-order valence-electron chi connectivity index (χ4n) is 4.17. The number of aryl methyl sites for hydroxylation is 1. The minimum Gasteiger partial charge on any atom is -0.481 e. The highest BCUT2D eigenvalue weighted by atomic mass is 19.1. The summed E-state index contributed by atoms with van der Waals surface area (Å²) < 4.78 is 15.2. The van der Waals surface area contributed by atoms with E-state index in [1.807, 2.05) is 32.9 Å². The van der Waals surface area contributed by atoms with Crippen LogP contribution in [-0.2, 0) is 17.8 Å². The Balaban J connectivity index is 1.90. The summed E-state index contributed by atoms with van der Waals surface area (Å²) in [5.74, 6) is -2.02. The molecule has 0 aliphatic carbocycles. The number of hydrogen-bond donors (Lipinski definition) is 4. The number of aliphatic carboxylic acids is 1. The van der Waals surface area contributed by atoms with Gasteiger partial charge in [-0.2, -0.15) is 5.10 Å². The SMILES string of the molecule is Cc1ccc(CNC(=O)c2nn(-c3ccc(F)cc3)c(CC[C@@H](O)C[C@@H](O)CC(=O)O)c2C(C)C)cn1. The van der Waals surface area contributed by atoms with Crippen LogP contribution in [0, 0.1) is 12.7 Å². The van der Waals surface area contributed by atoms with Crippen LogP contribution in [0.15, 0.2) is 42.6 Å². The zero-order valence-corrected chi connectivity index (χ0v) is 21.2. The molecule has 0 radical (unpaired) electrons. The lowest BCUT2D eigenvalue weighted by Gasteiger charge is -2.16. The first-order chi connectivity index (χ1) is 17.5. The topological polar surface area (TPSA) is 138 Å². The first-order valence-corrected chi connectivity index (χ1v) is 12.2. The predicted octanol–water partition coefficient (Wildman–Crippen LogP) is 3.29. The van der Waals surface area contributed by atoms with Gasteiger partial charge in [0.05, 0.1) is 24.3 Å². The first kappa shape index (κ1) is 27.9. The summed E-state index contributed by atoms with van der Waals surface area (Å²) in [5.41, 5.74) is 3.87. The quantitative estimate of drug-likeness (QED) is 0.292. The minimum atomic E-state index is -1.17. The molecule has 0 bridgehead atoms. The largest absolute Gasteiger partial charge is 0.481 e. The number of aliphatic hydroxyl groups excluding tert-OH is 2. The van der Waals surface area contributed by atoms with Crippen molar-refractivity contribution in [1.82, 2.24) is 20.1 Å². The number of carbonyl (C=O) groups is 2. The second kappa shape index (κ2) is 12.6. The molecule has 9 nitrogen and oxygen atoms in total. The summed E-state index contributed by atoms with van der Waals surface area (Å²) in [7, 11) is 0. The lowest BCUT2D eigenvalue weighted by Crippen LogP contribution is -2.25. The maximum atomic E-state index is 13.6. The molecule has 3 rings (SSSR count). The monoisotopic (exact) mass is 512 g/mol. The summed E-state index contributed by atoms with van der Waals surface area (Å²) in [6.07, 6.45) is -0.474. The Hall–Kier alpha value is -3.63. The number of rotatable bonds is 12. The fourth-order valence-corrected chi connectivity index (χ4v) is 4.17. The Kier molecular flexibility index (Phi) is 9.48.